The smallest absolute Gasteiger partial charge is 0.206 e. The van der Waals surface area contributed by atoms with Crippen LogP contribution in [-0.2, 0) is 10.0 Å². The molecule has 0 fully saturated rings. The molecule has 0 unspecified atom stereocenters. The summed E-state index contributed by atoms with van der Waals surface area (Å²) in [5.74, 6) is 0. The molecule has 0 spiro atoms. The van der Waals surface area contributed by atoms with Gasteiger partial charge in [0.05, 0.1) is 9.86 Å². The van der Waals surface area contributed by atoms with Gasteiger partial charge in [0, 0.05) is 6.54 Å². The number of thiophene rings is 1. The predicted octanol–water partition coefficient (Wildman–Crippen LogP) is 2.04. The highest BCUT2D eigenvalue weighted by Crippen LogP contribution is 2.28. The van der Waals surface area contributed by atoms with E-state index in [9.17, 15) is 8.42 Å². The lowest BCUT2D eigenvalue weighted by Crippen LogP contribution is -2.30. The van der Waals surface area contributed by atoms with Crippen molar-refractivity contribution in [3.63, 3.8) is 0 Å². The van der Waals surface area contributed by atoms with E-state index in [2.05, 4.69) is 15.9 Å². The first-order valence-electron chi connectivity index (χ1n) is 4.14. The van der Waals surface area contributed by atoms with Gasteiger partial charge in [0.2, 0.25) is 0 Å². The zero-order valence-electron chi connectivity index (χ0n) is 7.97. The molecule has 0 aromatic carbocycles. The van der Waals surface area contributed by atoms with Crippen LogP contribution in [0.5, 0.6) is 0 Å². The van der Waals surface area contributed by atoms with Crippen molar-refractivity contribution in [1.29, 1.82) is 5.26 Å². The van der Waals surface area contributed by atoms with Crippen molar-refractivity contribution in [2.24, 2.45) is 0 Å². The maximum atomic E-state index is 11.9. The van der Waals surface area contributed by atoms with Crippen LogP contribution in [0.2, 0.25) is 0 Å². The zero-order chi connectivity index (χ0) is 11.5. The summed E-state index contributed by atoms with van der Waals surface area (Å²) >= 11 is 4.35. The third kappa shape index (κ3) is 2.78. The number of halogens is 1. The molecule has 82 valence electrons. The first-order chi connectivity index (χ1) is 7.02. The number of hydrogen-bond donors (Lipinski definition) is 0. The van der Waals surface area contributed by atoms with Gasteiger partial charge in [-0.25, -0.2) is 8.42 Å². The van der Waals surface area contributed by atoms with E-state index in [-0.39, 0.29) is 10.8 Å². The summed E-state index contributed by atoms with van der Waals surface area (Å²) in [5, 5.41) is 8.52. The fourth-order valence-electron chi connectivity index (χ4n) is 1.01. The standard InChI is InChI=1S/C8H9BrN2O2S2/c1-2-11(6-5-10)15(12,13)8-4-3-7(9)14-8/h3-4H,2,6H2,1H3. The van der Waals surface area contributed by atoms with Gasteiger partial charge in [0.25, 0.3) is 10.0 Å². The van der Waals surface area contributed by atoms with Crippen molar-refractivity contribution in [1.82, 2.24) is 4.31 Å². The van der Waals surface area contributed by atoms with Crippen molar-refractivity contribution in [3.05, 3.63) is 15.9 Å². The van der Waals surface area contributed by atoms with Crippen LogP contribution in [0, 0.1) is 11.3 Å². The van der Waals surface area contributed by atoms with Gasteiger partial charge in [-0.3, -0.25) is 0 Å². The molecule has 4 nitrogen and oxygen atoms in total. The maximum absolute atomic E-state index is 11.9. The Balaban J connectivity index is 3.07. The molecule has 0 aliphatic carbocycles. The highest BCUT2D eigenvalue weighted by Gasteiger charge is 2.24. The van der Waals surface area contributed by atoms with E-state index < -0.39 is 10.0 Å². The second-order valence-electron chi connectivity index (χ2n) is 2.65. The van der Waals surface area contributed by atoms with E-state index in [1.807, 2.05) is 6.07 Å². The van der Waals surface area contributed by atoms with Crippen LogP contribution >= 0.6 is 27.3 Å². The first-order valence-corrected chi connectivity index (χ1v) is 7.19. The fraction of sp³-hybridized carbons (Fsp3) is 0.375. The van der Waals surface area contributed by atoms with Gasteiger partial charge in [-0.2, -0.15) is 9.57 Å². The lowest BCUT2D eigenvalue weighted by Gasteiger charge is -2.15. The molecule has 0 aliphatic rings. The Labute approximate surface area is 101 Å². The number of hydrogen-bond acceptors (Lipinski definition) is 4. The summed E-state index contributed by atoms with van der Waals surface area (Å²) < 4.78 is 26.0. The summed E-state index contributed by atoms with van der Waals surface area (Å²) in [6.45, 7) is 1.89. The first kappa shape index (κ1) is 12.6. The molecule has 15 heavy (non-hydrogen) atoms. The van der Waals surface area contributed by atoms with Gasteiger partial charge in [-0.05, 0) is 28.1 Å². The third-order valence-electron chi connectivity index (χ3n) is 1.74. The molecule has 7 heteroatoms. The molecular weight excluding hydrogens is 300 g/mol. The molecule has 1 rings (SSSR count). The SMILES string of the molecule is CCN(CC#N)S(=O)(=O)c1ccc(Br)s1. The monoisotopic (exact) mass is 308 g/mol. The molecule has 0 atom stereocenters. The van der Waals surface area contributed by atoms with Crippen molar-refractivity contribution < 1.29 is 8.42 Å². The van der Waals surface area contributed by atoms with Crippen molar-refractivity contribution in [3.8, 4) is 6.07 Å². The van der Waals surface area contributed by atoms with E-state index in [4.69, 9.17) is 5.26 Å². The normalized spacial score (nSPS) is 11.6. The van der Waals surface area contributed by atoms with Crippen LogP contribution in [0.4, 0.5) is 0 Å². The second-order valence-corrected chi connectivity index (χ2v) is 7.28. The fourth-order valence-corrected chi connectivity index (χ4v) is 4.52. The molecule has 0 radical (unpaired) electrons. The Morgan fingerprint density at radius 3 is 2.67 bits per heavy atom. The molecule has 0 saturated heterocycles. The van der Waals surface area contributed by atoms with Crippen LogP contribution in [-0.4, -0.2) is 25.8 Å². The Kier molecular flexibility index (Phi) is 4.28. The van der Waals surface area contributed by atoms with Gasteiger partial charge < -0.3 is 0 Å². The quantitative estimate of drug-likeness (QED) is 0.800. The molecular formula is C8H9BrN2O2S2. The second kappa shape index (κ2) is 5.07. The predicted molar refractivity (Wildman–Crippen MR) is 62.1 cm³/mol. The van der Waals surface area contributed by atoms with E-state index in [1.165, 1.54) is 6.07 Å². The van der Waals surface area contributed by atoms with E-state index in [0.717, 1.165) is 19.4 Å². The van der Waals surface area contributed by atoms with Crippen LogP contribution in [0.25, 0.3) is 0 Å². The Morgan fingerprint density at radius 1 is 1.60 bits per heavy atom. The van der Waals surface area contributed by atoms with Gasteiger partial charge in [0.1, 0.15) is 10.8 Å². The molecule has 0 saturated carbocycles. The number of nitrogens with zero attached hydrogens (tertiary/aromatic N) is 2. The minimum absolute atomic E-state index is 0.117. The average molecular weight is 309 g/mol. The number of nitriles is 1. The summed E-state index contributed by atoms with van der Waals surface area (Å²) in [5.41, 5.74) is 0. The van der Waals surface area contributed by atoms with E-state index in [1.54, 1.807) is 13.0 Å². The van der Waals surface area contributed by atoms with E-state index >= 15 is 0 Å². The molecule has 1 heterocycles. The summed E-state index contributed by atoms with van der Waals surface area (Å²) in [4.78, 5) is 0. The third-order valence-corrected chi connectivity index (χ3v) is 5.75. The largest absolute Gasteiger partial charge is 0.253 e. The van der Waals surface area contributed by atoms with Crippen LogP contribution < -0.4 is 0 Å². The molecule has 0 N–H and O–H groups in total. The molecule has 0 bridgehead atoms. The lowest BCUT2D eigenvalue weighted by atomic mass is 10.6. The number of rotatable bonds is 4. The Hall–Kier alpha value is -0.420. The van der Waals surface area contributed by atoms with Gasteiger partial charge in [-0.1, -0.05) is 6.92 Å². The summed E-state index contributed by atoms with van der Waals surface area (Å²) in [6.07, 6.45) is 0. The van der Waals surface area contributed by atoms with Crippen LogP contribution in [0.1, 0.15) is 6.92 Å². The van der Waals surface area contributed by atoms with Gasteiger partial charge in [0.15, 0.2) is 0 Å². The van der Waals surface area contributed by atoms with Crippen molar-refractivity contribution in [2.75, 3.05) is 13.1 Å². The number of sulfonamides is 1. The highest BCUT2D eigenvalue weighted by molar-refractivity contribution is 9.11. The van der Waals surface area contributed by atoms with Crippen LogP contribution in [0.3, 0.4) is 0 Å². The molecule has 0 amide bonds. The minimum Gasteiger partial charge on any atom is -0.206 e. The van der Waals surface area contributed by atoms with Crippen molar-refractivity contribution in [2.45, 2.75) is 11.1 Å². The van der Waals surface area contributed by atoms with Crippen LogP contribution in [0.15, 0.2) is 20.1 Å². The Bertz CT molecular complexity index is 475. The summed E-state index contributed by atoms with van der Waals surface area (Å²) in [7, 11) is -3.49. The Morgan fingerprint density at radius 2 is 2.27 bits per heavy atom. The molecule has 1 aromatic heterocycles. The minimum atomic E-state index is -3.49. The molecule has 1 aromatic rings. The summed E-state index contributed by atoms with van der Waals surface area (Å²) in [6, 6.07) is 5.05. The topological polar surface area (TPSA) is 61.2 Å². The van der Waals surface area contributed by atoms with E-state index in [0.29, 0.717) is 6.54 Å². The van der Waals surface area contributed by atoms with Crippen molar-refractivity contribution >= 4 is 37.3 Å². The highest BCUT2D eigenvalue weighted by atomic mass is 79.9. The van der Waals surface area contributed by atoms with Gasteiger partial charge in [-0.15, -0.1) is 11.3 Å². The zero-order valence-corrected chi connectivity index (χ0v) is 11.2. The lowest BCUT2D eigenvalue weighted by molar-refractivity contribution is 0.464. The van der Waals surface area contributed by atoms with Gasteiger partial charge >= 0.3 is 0 Å². The average Bonchev–Trinajstić information content (AvgIpc) is 2.61. The molecule has 0 aliphatic heterocycles. The maximum Gasteiger partial charge on any atom is 0.253 e.